The van der Waals surface area contributed by atoms with Crippen LogP contribution in [0.4, 0.5) is 4.79 Å². The average Bonchev–Trinajstić information content (AvgIpc) is 2.47. The molecule has 1 saturated heterocycles. The molecule has 3 amide bonds. The number of aliphatic carboxylic acids is 1. The molecule has 70 valence electrons. The summed E-state index contributed by atoms with van der Waals surface area (Å²) in [4.78, 5) is 32.9. The van der Waals surface area contributed by atoms with E-state index in [1.807, 2.05) is 0 Å². The average molecular weight is 184 g/mol. The zero-order valence-corrected chi connectivity index (χ0v) is 6.69. The summed E-state index contributed by atoms with van der Waals surface area (Å²) in [7, 11) is 0. The van der Waals surface area contributed by atoms with E-state index in [0.717, 1.165) is 11.0 Å². The zero-order valence-electron chi connectivity index (χ0n) is 6.69. The van der Waals surface area contributed by atoms with E-state index in [1.54, 1.807) is 0 Å². The van der Waals surface area contributed by atoms with Gasteiger partial charge in [-0.15, -0.1) is 0 Å². The van der Waals surface area contributed by atoms with E-state index in [1.165, 1.54) is 0 Å². The molecule has 0 aromatic carbocycles. The lowest BCUT2D eigenvalue weighted by Crippen LogP contribution is -2.32. The van der Waals surface area contributed by atoms with Gasteiger partial charge in [-0.05, 0) is 0 Å². The third-order valence-electron chi connectivity index (χ3n) is 1.49. The fourth-order valence-corrected chi connectivity index (χ4v) is 0.914. The highest BCUT2D eigenvalue weighted by molar-refractivity contribution is 6.03. The Morgan fingerprint density at radius 3 is 2.62 bits per heavy atom. The van der Waals surface area contributed by atoms with Crippen molar-refractivity contribution in [1.82, 2.24) is 10.2 Å². The third-order valence-corrected chi connectivity index (χ3v) is 1.49. The van der Waals surface area contributed by atoms with Gasteiger partial charge in [0.25, 0.3) is 5.91 Å². The summed E-state index contributed by atoms with van der Waals surface area (Å²) in [6, 6.07) is -0.486. The minimum Gasteiger partial charge on any atom is -0.478 e. The van der Waals surface area contributed by atoms with Crippen LogP contribution in [-0.4, -0.2) is 41.0 Å². The molecule has 0 unspecified atom stereocenters. The van der Waals surface area contributed by atoms with Crippen LogP contribution >= 0.6 is 0 Å². The summed E-state index contributed by atoms with van der Waals surface area (Å²) in [5.41, 5.74) is 0. The van der Waals surface area contributed by atoms with E-state index in [-0.39, 0.29) is 6.54 Å². The van der Waals surface area contributed by atoms with E-state index >= 15 is 0 Å². The monoisotopic (exact) mass is 184 g/mol. The summed E-state index contributed by atoms with van der Waals surface area (Å²) in [6.45, 7) is 0.688. The first-order chi connectivity index (χ1) is 6.11. The fourth-order valence-electron chi connectivity index (χ4n) is 0.914. The number of carbonyl (C=O) groups is 3. The topological polar surface area (TPSA) is 86.7 Å². The van der Waals surface area contributed by atoms with Gasteiger partial charge in [0.1, 0.15) is 0 Å². The molecule has 6 heteroatoms. The Balaban J connectivity index is 2.57. The first kappa shape index (κ1) is 9.24. The molecule has 1 heterocycles. The Morgan fingerprint density at radius 2 is 2.15 bits per heavy atom. The Bertz CT molecular complexity index is 284. The van der Waals surface area contributed by atoms with Gasteiger partial charge in [0.2, 0.25) is 0 Å². The molecule has 0 bridgehead atoms. The number of nitrogens with zero attached hydrogens (tertiary/aromatic N) is 1. The van der Waals surface area contributed by atoms with Crippen LogP contribution in [-0.2, 0) is 9.59 Å². The van der Waals surface area contributed by atoms with Gasteiger partial charge in [0.05, 0.1) is 0 Å². The summed E-state index contributed by atoms with van der Waals surface area (Å²) < 4.78 is 0. The fraction of sp³-hybridized carbons (Fsp3) is 0.286. The molecule has 0 aromatic heterocycles. The molecule has 13 heavy (non-hydrogen) atoms. The number of amides is 3. The van der Waals surface area contributed by atoms with Crippen LogP contribution in [0, 0.1) is 0 Å². The van der Waals surface area contributed by atoms with E-state index in [2.05, 4.69) is 5.32 Å². The Labute approximate surface area is 73.8 Å². The molecule has 0 atom stereocenters. The molecule has 0 saturated carbocycles. The van der Waals surface area contributed by atoms with Gasteiger partial charge in [-0.3, -0.25) is 9.69 Å². The van der Waals surface area contributed by atoms with Crippen molar-refractivity contribution in [2.45, 2.75) is 0 Å². The predicted molar refractivity (Wildman–Crippen MR) is 41.9 cm³/mol. The lowest BCUT2D eigenvalue weighted by molar-refractivity contribution is -0.132. The van der Waals surface area contributed by atoms with Gasteiger partial charge in [-0.25, -0.2) is 9.59 Å². The smallest absolute Gasteiger partial charge is 0.328 e. The van der Waals surface area contributed by atoms with Crippen molar-refractivity contribution in [3.05, 3.63) is 12.2 Å². The number of carbonyl (C=O) groups excluding carboxylic acids is 2. The van der Waals surface area contributed by atoms with Crippen LogP contribution in [0.1, 0.15) is 0 Å². The summed E-state index contributed by atoms with van der Waals surface area (Å²) in [5, 5.41) is 10.6. The molecule has 1 fully saturated rings. The second-order valence-electron chi connectivity index (χ2n) is 2.39. The van der Waals surface area contributed by atoms with Crippen LogP contribution in [0.3, 0.4) is 0 Å². The minimum atomic E-state index is -1.21. The van der Waals surface area contributed by atoms with E-state index in [4.69, 9.17) is 5.11 Å². The summed E-state index contributed by atoms with van der Waals surface area (Å²) in [5.74, 6) is -1.83. The number of carboxylic acids is 1. The quantitative estimate of drug-likeness (QED) is 0.549. The van der Waals surface area contributed by atoms with Crippen molar-refractivity contribution in [2.75, 3.05) is 13.1 Å². The van der Waals surface area contributed by atoms with Crippen molar-refractivity contribution in [1.29, 1.82) is 0 Å². The maximum Gasteiger partial charge on any atom is 0.328 e. The molecular weight excluding hydrogens is 176 g/mol. The second kappa shape index (κ2) is 3.70. The standard InChI is InChI=1S/C7H8N2O4/c10-5(1-2-6(11)12)9-4-3-8-7(9)13/h1-2H,3-4H2,(H,8,13)(H,11,12). The van der Waals surface area contributed by atoms with Crippen LogP contribution < -0.4 is 5.32 Å². The summed E-state index contributed by atoms with van der Waals surface area (Å²) in [6.07, 6.45) is 1.56. The number of hydrogen-bond acceptors (Lipinski definition) is 3. The van der Waals surface area contributed by atoms with Gasteiger partial charge in [-0.2, -0.15) is 0 Å². The molecule has 6 nitrogen and oxygen atoms in total. The van der Waals surface area contributed by atoms with Gasteiger partial charge in [0, 0.05) is 25.2 Å². The molecule has 2 N–H and O–H groups in total. The molecule has 1 aliphatic heterocycles. The third kappa shape index (κ3) is 2.29. The maximum atomic E-state index is 11.1. The van der Waals surface area contributed by atoms with Crippen molar-refractivity contribution in [3.8, 4) is 0 Å². The number of imide groups is 1. The Kier molecular flexibility index (Phi) is 2.63. The highest BCUT2D eigenvalue weighted by Crippen LogP contribution is 1.97. The molecular formula is C7H8N2O4. The summed E-state index contributed by atoms with van der Waals surface area (Å²) >= 11 is 0. The maximum absolute atomic E-state index is 11.1. The zero-order chi connectivity index (χ0) is 9.84. The van der Waals surface area contributed by atoms with Gasteiger partial charge < -0.3 is 10.4 Å². The highest BCUT2D eigenvalue weighted by atomic mass is 16.4. The highest BCUT2D eigenvalue weighted by Gasteiger charge is 2.24. The number of nitrogens with one attached hydrogen (secondary N) is 1. The van der Waals surface area contributed by atoms with Crippen molar-refractivity contribution in [3.63, 3.8) is 0 Å². The van der Waals surface area contributed by atoms with E-state index in [0.29, 0.717) is 12.6 Å². The van der Waals surface area contributed by atoms with Crippen LogP contribution in [0.15, 0.2) is 12.2 Å². The van der Waals surface area contributed by atoms with Crippen LogP contribution in [0.25, 0.3) is 0 Å². The van der Waals surface area contributed by atoms with Crippen molar-refractivity contribution >= 4 is 17.9 Å². The predicted octanol–water partition coefficient (Wildman–Crippen LogP) is -0.821. The Morgan fingerprint density at radius 1 is 1.46 bits per heavy atom. The lowest BCUT2D eigenvalue weighted by Gasteiger charge is -2.07. The molecule has 0 aliphatic carbocycles. The first-order valence-electron chi connectivity index (χ1n) is 3.61. The van der Waals surface area contributed by atoms with E-state index in [9.17, 15) is 14.4 Å². The van der Waals surface area contributed by atoms with Crippen molar-refractivity contribution < 1.29 is 19.5 Å². The van der Waals surface area contributed by atoms with Gasteiger partial charge >= 0.3 is 12.0 Å². The lowest BCUT2D eigenvalue weighted by atomic mass is 10.4. The van der Waals surface area contributed by atoms with Gasteiger partial charge in [-0.1, -0.05) is 0 Å². The molecule has 1 rings (SSSR count). The van der Waals surface area contributed by atoms with Crippen LogP contribution in [0.5, 0.6) is 0 Å². The van der Waals surface area contributed by atoms with Crippen molar-refractivity contribution in [2.24, 2.45) is 0 Å². The second-order valence-corrected chi connectivity index (χ2v) is 2.39. The number of carboxylic acid groups (broad SMARTS) is 1. The Hall–Kier alpha value is -1.85. The molecule has 0 spiro atoms. The molecule has 1 aliphatic rings. The molecule has 0 aromatic rings. The minimum absolute atomic E-state index is 0.279. The normalized spacial score (nSPS) is 16.3. The molecule has 0 radical (unpaired) electrons. The number of rotatable bonds is 2. The number of hydrogen-bond donors (Lipinski definition) is 2. The van der Waals surface area contributed by atoms with Gasteiger partial charge in [0.15, 0.2) is 0 Å². The first-order valence-corrected chi connectivity index (χ1v) is 3.61. The SMILES string of the molecule is O=C(O)C=CC(=O)N1CCNC1=O. The largest absolute Gasteiger partial charge is 0.478 e. The number of urea groups is 1. The van der Waals surface area contributed by atoms with Crippen LogP contribution in [0.2, 0.25) is 0 Å². The van der Waals surface area contributed by atoms with E-state index < -0.39 is 17.9 Å².